The van der Waals surface area contributed by atoms with Crippen molar-refractivity contribution in [3.63, 3.8) is 0 Å². The van der Waals surface area contributed by atoms with Gasteiger partial charge in [-0.2, -0.15) is 0 Å². The summed E-state index contributed by atoms with van der Waals surface area (Å²) >= 11 is 0. The Balaban J connectivity index is 2.32. The minimum Gasteiger partial charge on any atom is -0.388 e. The average Bonchev–Trinajstić information content (AvgIpc) is 2.76. The maximum Gasteiger partial charge on any atom is 0.0684 e. The van der Waals surface area contributed by atoms with E-state index >= 15 is 0 Å². The molecule has 1 aromatic rings. The van der Waals surface area contributed by atoms with Crippen molar-refractivity contribution < 1.29 is 0 Å². The topological polar surface area (TPSA) is 12.0 Å². The molecule has 2 aliphatic rings. The fraction of sp³-hybridized carbons (Fsp3) is 0.538. The number of rotatable bonds is 1. The molecule has 2 aliphatic carbocycles. The lowest BCUT2D eigenvalue weighted by molar-refractivity contribution is 0.798. The van der Waals surface area contributed by atoms with E-state index in [2.05, 4.69) is 11.4 Å². The fourth-order valence-corrected chi connectivity index (χ4v) is 3.44. The SMILES string of the molecule is [B]C1([B])CCc2cc3c(c(NC)c21)C([B])([B])CC3. The summed E-state index contributed by atoms with van der Waals surface area (Å²) in [6.45, 7) is 0. The zero-order valence-electron chi connectivity index (χ0n) is 10.7. The predicted octanol–water partition coefficient (Wildman–Crippen LogP) is 0.600. The van der Waals surface area contributed by atoms with Gasteiger partial charge in [-0.25, -0.2) is 0 Å². The van der Waals surface area contributed by atoms with E-state index in [0.29, 0.717) is 0 Å². The van der Waals surface area contributed by atoms with Crippen LogP contribution in [-0.4, -0.2) is 38.4 Å². The van der Waals surface area contributed by atoms with Crippen molar-refractivity contribution in [2.45, 2.75) is 36.1 Å². The Bertz CT molecular complexity index is 480. The smallest absolute Gasteiger partial charge is 0.0684 e. The molecule has 0 aromatic heterocycles. The van der Waals surface area contributed by atoms with Gasteiger partial charge < -0.3 is 5.32 Å². The summed E-state index contributed by atoms with van der Waals surface area (Å²) in [5.41, 5.74) is 5.41. The number of hydrogen-bond donors (Lipinski definition) is 1. The first-order valence-corrected chi connectivity index (χ1v) is 6.40. The molecular formula is C13H13B4N. The summed E-state index contributed by atoms with van der Waals surface area (Å²) in [6, 6.07) is 2.19. The van der Waals surface area contributed by atoms with Crippen LogP contribution in [0.5, 0.6) is 0 Å². The van der Waals surface area contributed by atoms with E-state index in [9.17, 15) is 0 Å². The normalized spacial score (nSPS) is 22.5. The van der Waals surface area contributed by atoms with Crippen LogP contribution in [0.1, 0.15) is 35.1 Å². The first kappa shape index (κ1) is 12.3. The summed E-state index contributed by atoms with van der Waals surface area (Å²) in [5, 5.41) is 1.67. The highest BCUT2D eigenvalue weighted by molar-refractivity contribution is 6.42. The van der Waals surface area contributed by atoms with E-state index in [-0.39, 0.29) is 0 Å². The van der Waals surface area contributed by atoms with E-state index < -0.39 is 10.4 Å². The molecule has 0 unspecified atom stereocenters. The van der Waals surface area contributed by atoms with Crippen LogP contribution in [0.25, 0.3) is 0 Å². The summed E-state index contributed by atoms with van der Waals surface area (Å²) in [6.07, 6.45) is 3.38. The van der Waals surface area contributed by atoms with Crippen molar-refractivity contribution >= 4 is 37.1 Å². The highest BCUT2D eigenvalue weighted by atomic mass is 14.8. The number of nitrogens with one attached hydrogen (secondary N) is 1. The van der Waals surface area contributed by atoms with Crippen LogP contribution >= 0.6 is 0 Å². The van der Waals surface area contributed by atoms with Crippen molar-refractivity contribution in [1.29, 1.82) is 0 Å². The quantitative estimate of drug-likeness (QED) is 0.692. The second-order valence-corrected chi connectivity index (χ2v) is 5.65. The van der Waals surface area contributed by atoms with Crippen molar-refractivity contribution in [2.75, 3.05) is 12.4 Å². The Kier molecular flexibility index (Phi) is 2.50. The van der Waals surface area contributed by atoms with Gasteiger partial charge in [0, 0.05) is 12.7 Å². The lowest BCUT2D eigenvalue weighted by Gasteiger charge is -2.30. The highest BCUT2D eigenvalue weighted by Gasteiger charge is 2.38. The zero-order chi connectivity index (χ0) is 13.1. The second kappa shape index (κ2) is 3.65. The zero-order valence-corrected chi connectivity index (χ0v) is 10.7. The van der Waals surface area contributed by atoms with Gasteiger partial charge in [0.2, 0.25) is 0 Å². The number of fused-ring (bicyclic) bond motifs is 2. The van der Waals surface area contributed by atoms with Gasteiger partial charge in [-0.1, -0.05) is 29.3 Å². The van der Waals surface area contributed by atoms with E-state index in [1.54, 1.807) is 0 Å². The molecule has 5 heteroatoms. The number of aryl methyl sites for hydroxylation is 2. The molecule has 0 atom stereocenters. The van der Waals surface area contributed by atoms with Gasteiger partial charge in [-0.05, 0) is 35.1 Å². The molecule has 0 heterocycles. The molecular weight excluding hydrogens is 213 g/mol. The third-order valence-corrected chi connectivity index (χ3v) is 4.29. The Hall–Kier alpha value is -0.720. The van der Waals surface area contributed by atoms with Crippen molar-refractivity contribution in [1.82, 2.24) is 0 Å². The standard InChI is InChI=1S/C13H13B4N/c1-18-11-9-7(2-4-12(9,14)15)6-8-3-5-13(16,17)10(8)11/h6,18H,2-5H2,1H3. The first-order chi connectivity index (χ1) is 8.37. The molecule has 0 amide bonds. The lowest BCUT2D eigenvalue weighted by atomic mass is 9.48. The maximum absolute atomic E-state index is 6.20. The molecule has 0 aliphatic heterocycles. The van der Waals surface area contributed by atoms with Gasteiger partial charge in [0.05, 0.1) is 31.4 Å². The van der Waals surface area contributed by atoms with Gasteiger partial charge in [-0.15, -0.1) is 0 Å². The summed E-state index contributed by atoms with van der Waals surface area (Å²) < 4.78 is 0. The Morgan fingerprint density at radius 1 is 0.944 bits per heavy atom. The average molecular weight is 227 g/mol. The van der Waals surface area contributed by atoms with Crippen LogP contribution in [0, 0.1) is 0 Å². The van der Waals surface area contributed by atoms with E-state index in [4.69, 9.17) is 31.4 Å². The lowest BCUT2D eigenvalue weighted by Crippen LogP contribution is -2.28. The van der Waals surface area contributed by atoms with E-state index in [1.807, 2.05) is 7.05 Å². The minimum absolute atomic E-state index is 0.766. The van der Waals surface area contributed by atoms with Gasteiger partial charge in [0.15, 0.2) is 0 Å². The number of benzene rings is 1. The molecule has 0 saturated carbocycles. The van der Waals surface area contributed by atoms with Crippen LogP contribution in [0.2, 0.25) is 0 Å². The van der Waals surface area contributed by atoms with Crippen molar-refractivity contribution in [3.05, 3.63) is 28.3 Å². The molecule has 3 rings (SSSR count). The second-order valence-electron chi connectivity index (χ2n) is 5.65. The van der Waals surface area contributed by atoms with Gasteiger partial charge in [0.25, 0.3) is 0 Å². The van der Waals surface area contributed by atoms with Crippen LogP contribution in [0.4, 0.5) is 5.69 Å². The molecule has 82 valence electrons. The van der Waals surface area contributed by atoms with Crippen LogP contribution in [-0.2, 0) is 23.3 Å². The predicted molar refractivity (Wildman–Crippen MR) is 79.0 cm³/mol. The minimum atomic E-state index is -0.776. The number of anilines is 1. The maximum atomic E-state index is 6.20. The van der Waals surface area contributed by atoms with Crippen LogP contribution in [0.3, 0.4) is 0 Å². The summed E-state index contributed by atoms with van der Waals surface area (Å²) in [5.74, 6) is 0. The summed E-state index contributed by atoms with van der Waals surface area (Å²) in [4.78, 5) is 0. The third-order valence-electron chi connectivity index (χ3n) is 4.29. The fourth-order valence-electron chi connectivity index (χ4n) is 3.44. The van der Waals surface area contributed by atoms with Gasteiger partial charge in [-0.3, -0.25) is 0 Å². The molecule has 1 N–H and O–H groups in total. The largest absolute Gasteiger partial charge is 0.388 e. The van der Waals surface area contributed by atoms with Crippen LogP contribution in [0.15, 0.2) is 6.07 Å². The van der Waals surface area contributed by atoms with Crippen LogP contribution < -0.4 is 5.32 Å². The molecule has 1 nitrogen and oxygen atoms in total. The molecule has 0 spiro atoms. The number of hydrogen-bond acceptors (Lipinski definition) is 1. The molecule has 0 saturated heterocycles. The highest BCUT2D eigenvalue weighted by Crippen LogP contribution is 2.48. The monoisotopic (exact) mass is 227 g/mol. The summed E-state index contributed by atoms with van der Waals surface area (Å²) in [7, 11) is 26.7. The van der Waals surface area contributed by atoms with E-state index in [0.717, 1.165) is 42.5 Å². The molecule has 0 bridgehead atoms. The molecule has 0 fully saturated rings. The van der Waals surface area contributed by atoms with Crippen molar-refractivity contribution in [2.24, 2.45) is 0 Å². The molecule has 1 aromatic carbocycles. The third kappa shape index (κ3) is 1.52. The van der Waals surface area contributed by atoms with Gasteiger partial charge in [0.1, 0.15) is 0 Å². The first-order valence-electron chi connectivity index (χ1n) is 6.40. The Labute approximate surface area is 114 Å². The Morgan fingerprint density at radius 3 is 1.78 bits per heavy atom. The Morgan fingerprint density at radius 2 is 1.39 bits per heavy atom. The van der Waals surface area contributed by atoms with E-state index in [1.165, 1.54) is 11.1 Å². The van der Waals surface area contributed by atoms with Gasteiger partial charge >= 0.3 is 0 Å². The molecule has 8 radical (unpaired) electrons. The van der Waals surface area contributed by atoms with Crippen molar-refractivity contribution in [3.8, 4) is 0 Å². The molecule has 18 heavy (non-hydrogen) atoms.